The van der Waals surface area contributed by atoms with Crippen molar-refractivity contribution in [3.05, 3.63) is 61.9 Å². The first kappa shape index (κ1) is 23.7. The Bertz CT molecular complexity index is 1670. The van der Waals surface area contributed by atoms with Crippen LogP contribution >= 0.6 is 0 Å². The van der Waals surface area contributed by atoms with Gasteiger partial charge < -0.3 is 10.6 Å². The molecule has 0 amide bonds. The van der Waals surface area contributed by atoms with Gasteiger partial charge in [-0.2, -0.15) is 9.50 Å². The van der Waals surface area contributed by atoms with Crippen molar-refractivity contribution in [2.75, 3.05) is 18.0 Å². The average Bonchev–Trinajstić information content (AvgIpc) is 3.24. The lowest BCUT2D eigenvalue weighted by atomic mass is 10.1. The molecular formula is C25H27FN8O2. The molecule has 36 heavy (non-hydrogen) atoms. The van der Waals surface area contributed by atoms with Crippen LogP contribution in [-0.2, 0) is 13.1 Å². The SMILES string of the molecule is CC#CCn1c(N2CCCC(N)C2)nc2c(C)c(=O)n(Cc3nc(C)c4cc(F)ccc4n3)c(=O)n21. The largest absolute Gasteiger partial charge is 0.352 e. The Morgan fingerprint density at radius 3 is 2.75 bits per heavy atom. The number of rotatable bonds is 4. The monoisotopic (exact) mass is 490 g/mol. The second-order valence-corrected chi connectivity index (χ2v) is 9.07. The van der Waals surface area contributed by atoms with Gasteiger partial charge in [-0.1, -0.05) is 5.92 Å². The zero-order chi connectivity index (χ0) is 25.6. The van der Waals surface area contributed by atoms with Crippen LogP contribution in [0.15, 0.2) is 27.8 Å². The van der Waals surface area contributed by atoms with Gasteiger partial charge in [-0.3, -0.25) is 9.36 Å². The molecular weight excluding hydrogens is 463 g/mol. The molecule has 4 aromatic rings. The molecule has 186 valence electrons. The highest BCUT2D eigenvalue weighted by Gasteiger charge is 2.26. The summed E-state index contributed by atoms with van der Waals surface area (Å²) in [6.07, 6.45) is 1.83. The summed E-state index contributed by atoms with van der Waals surface area (Å²) >= 11 is 0. The van der Waals surface area contributed by atoms with Gasteiger partial charge in [0.05, 0.1) is 17.6 Å². The van der Waals surface area contributed by atoms with E-state index in [2.05, 4.69) is 21.8 Å². The van der Waals surface area contributed by atoms with Crippen molar-refractivity contribution in [1.82, 2.24) is 28.7 Å². The van der Waals surface area contributed by atoms with Crippen LogP contribution in [0.2, 0.25) is 0 Å². The van der Waals surface area contributed by atoms with Crippen molar-refractivity contribution in [3.63, 3.8) is 0 Å². The molecule has 3 aromatic heterocycles. The molecule has 0 radical (unpaired) electrons. The Kier molecular flexibility index (Phi) is 6.05. The van der Waals surface area contributed by atoms with Crippen molar-refractivity contribution in [1.29, 1.82) is 0 Å². The van der Waals surface area contributed by atoms with E-state index in [1.807, 2.05) is 4.90 Å². The molecule has 1 fully saturated rings. The minimum Gasteiger partial charge on any atom is -0.339 e. The van der Waals surface area contributed by atoms with E-state index in [4.69, 9.17) is 10.7 Å². The number of hydrogen-bond donors (Lipinski definition) is 1. The first-order chi connectivity index (χ1) is 17.3. The summed E-state index contributed by atoms with van der Waals surface area (Å²) in [7, 11) is 0. The van der Waals surface area contributed by atoms with Crippen molar-refractivity contribution in [2.45, 2.75) is 52.7 Å². The predicted molar refractivity (Wildman–Crippen MR) is 135 cm³/mol. The molecule has 1 unspecified atom stereocenters. The smallest absolute Gasteiger partial charge is 0.339 e. The minimum atomic E-state index is -0.556. The molecule has 1 atom stereocenters. The van der Waals surface area contributed by atoms with Gasteiger partial charge in [0, 0.05) is 30.2 Å². The van der Waals surface area contributed by atoms with E-state index in [9.17, 15) is 14.0 Å². The number of nitrogens with two attached hydrogens (primary N) is 1. The third kappa shape index (κ3) is 4.03. The molecule has 1 aromatic carbocycles. The molecule has 0 spiro atoms. The molecule has 11 heteroatoms. The zero-order valence-electron chi connectivity index (χ0n) is 20.5. The first-order valence-electron chi connectivity index (χ1n) is 11.8. The number of fused-ring (bicyclic) bond motifs is 2. The normalized spacial score (nSPS) is 15.9. The fraction of sp³-hybridized carbons (Fsp3) is 0.400. The molecule has 10 nitrogen and oxygen atoms in total. The number of anilines is 1. The number of nitrogens with zero attached hydrogens (tertiary/aromatic N) is 7. The van der Waals surface area contributed by atoms with Crippen LogP contribution in [0, 0.1) is 31.5 Å². The molecule has 5 rings (SSSR count). The molecule has 1 saturated heterocycles. The maximum absolute atomic E-state index is 13.7. The lowest BCUT2D eigenvalue weighted by Crippen LogP contribution is -2.44. The Morgan fingerprint density at radius 1 is 1.19 bits per heavy atom. The first-order valence-corrected chi connectivity index (χ1v) is 11.8. The Hall–Kier alpha value is -4.04. The minimum absolute atomic E-state index is 0.00358. The van der Waals surface area contributed by atoms with E-state index in [0.717, 1.165) is 24.0 Å². The van der Waals surface area contributed by atoms with E-state index < -0.39 is 11.2 Å². The molecule has 1 aliphatic heterocycles. The maximum Gasteiger partial charge on any atom is 0.352 e. The summed E-state index contributed by atoms with van der Waals surface area (Å²) in [5.41, 5.74) is 6.90. The lowest BCUT2D eigenvalue weighted by Gasteiger charge is -2.31. The second-order valence-electron chi connectivity index (χ2n) is 9.07. The maximum atomic E-state index is 13.7. The van der Waals surface area contributed by atoms with Crippen molar-refractivity contribution >= 4 is 22.5 Å². The van der Waals surface area contributed by atoms with Gasteiger partial charge in [0.15, 0.2) is 5.65 Å². The summed E-state index contributed by atoms with van der Waals surface area (Å²) in [5, 5.41) is 0.579. The lowest BCUT2D eigenvalue weighted by molar-refractivity contribution is 0.485. The predicted octanol–water partition coefficient (Wildman–Crippen LogP) is 1.36. The Balaban J connectivity index is 1.68. The Morgan fingerprint density at radius 2 is 2.00 bits per heavy atom. The average molecular weight is 491 g/mol. The van der Waals surface area contributed by atoms with Crippen LogP contribution in [-0.4, -0.2) is 47.8 Å². The highest BCUT2D eigenvalue weighted by molar-refractivity contribution is 5.80. The zero-order valence-corrected chi connectivity index (χ0v) is 20.5. The molecule has 0 saturated carbocycles. The van der Waals surface area contributed by atoms with Gasteiger partial charge in [-0.05, 0) is 51.8 Å². The van der Waals surface area contributed by atoms with Crippen LogP contribution in [0.5, 0.6) is 0 Å². The van der Waals surface area contributed by atoms with Crippen molar-refractivity contribution < 1.29 is 4.39 Å². The summed E-state index contributed by atoms with van der Waals surface area (Å²) in [6, 6.07) is 4.24. The highest BCUT2D eigenvalue weighted by Crippen LogP contribution is 2.20. The van der Waals surface area contributed by atoms with Gasteiger partial charge in [0.1, 0.15) is 18.2 Å². The van der Waals surface area contributed by atoms with Crippen LogP contribution < -0.4 is 21.9 Å². The number of hydrogen-bond acceptors (Lipinski definition) is 7. The number of halogens is 1. The molecule has 0 bridgehead atoms. The standard InChI is InChI=1S/C25H27FN8O2/c1-4-5-11-33-24(31-10-6-7-18(27)13-31)30-22-15(2)23(35)32(25(36)34(22)33)14-21-28-16(3)19-12-17(26)8-9-20(19)29-21/h8-9,12,18H,6-7,10-11,13-14,27H2,1-3H3. The van der Waals surface area contributed by atoms with E-state index in [1.54, 1.807) is 31.5 Å². The molecule has 2 N–H and O–H groups in total. The summed E-state index contributed by atoms with van der Waals surface area (Å²) < 4.78 is 17.9. The summed E-state index contributed by atoms with van der Waals surface area (Å²) in [6.45, 7) is 6.56. The van der Waals surface area contributed by atoms with E-state index >= 15 is 0 Å². The topological polar surface area (TPSA) is 116 Å². The molecule has 1 aliphatic rings. The van der Waals surface area contributed by atoms with Crippen molar-refractivity contribution in [3.8, 4) is 11.8 Å². The molecule has 4 heterocycles. The van der Waals surface area contributed by atoms with Gasteiger partial charge >= 0.3 is 5.69 Å². The van der Waals surface area contributed by atoms with Gasteiger partial charge in [0.25, 0.3) is 5.56 Å². The summed E-state index contributed by atoms with van der Waals surface area (Å²) in [5.74, 6) is 6.33. The molecule has 0 aliphatic carbocycles. The third-order valence-electron chi connectivity index (χ3n) is 6.53. The number of benzene rings is 1. The van der Waals surface area contributed by atoms with Crippen LogP contribution in [0.1, 0.15) is 36.8 Å². The van der Waals surface area contributed by atoms with Gasteiger partial charge in [0.2, 0.25) is 5.95 Å². The third-order valence-corrected chi connectivity index (χ3v) is 6.53. The fourth-order valence-electron chi connectivity index (χ4n) is 4.73. The van der Waals surface area contributed by atoms with E-state index in [0.29, 0.717) is 40.3 Å². The highest BCUT2D eigenvalue weighted by atomic mass is 19.1. The van der Waals surface area contributed by atoms with Gasteiger partial charge in [-0.25, -0.2) is 23.8 Å². The second kappa shape index (κ2) is 9.20. The fourth-order valence-corrected chi connectivity index (χ4v) is 4.73. The van der Waals surface area contributed by atoms with Crippen LogP contribution in [0.3, 0.4) is 0 Å². The van der Waals surface area contributed by atoms with E-state index in [-0.39, 0.29) is 30.8 Å². The van der Waals surface area contributed by atoms with Crippen LogP contribution in [0.4, 0.5) is 10.3 Å². The Labute approximate surface area is 206 Å². The number of aromatic nitrogens is 6. The van der Waals surface area contributed by atoms with E-state index in [1.165, 1.54) is 16.6 Å². The van der Waals surface area contributed by atoms with Crippen LogP contribution in [0.25, 0.3) is 16.6 Å². The van der Waals surface area contributed by atoms with Crippen molar-refractivity contribution in [2.24, 2.45) is 5.73 Å². The quantitative estimate of drug-likeness (QED) is 0.429. The number of aryl methyl sites for hydroxylation is 2. The summed E-state index contributed by atoms with van der Waals surface area (Å²) in [4.78, 5) is 42.7. The van der Waals surface area contributed by atoms with Gasteiger partial charge in [-0.15, -0.1) is 5.92 Å². The number of piperidine rings is 1.